The molecule has 0 aromatic rings. The van der Waals surface area contributed by atoms with Gasteiger partial charge < -0.3 is 11.5 Å². The van der Waals surface area contributed by atoms with Crippen molar-refractivity contribution in [2.24, 2.45) is 47.0 Å². The van der Waals surface area contributed by atoms with E-state index in [0.717, 1.165) is 36.8 Å². The maximum absolute atomic E-state index is 6.09. The lowest BCUT2D eigenvalue weighted by Gasteiger charge is -2.42. The molecule has 0 aliphatic heterocycles. The molecule has 0 fully saturated rings. The number of hydrogen-bond donors (Lipinski definition) is 2. The van der Waals surface area contributed by atoms with Crippen LogP contribution >= 0.6 is 0 Å². The van der Waals surface area contributed by atoms with Crippen molar-refractivity contribution < 1.29 is 0 Å². The van der Waals surface area contributed by atoms with Gasteiger partial charge in [0.25, 0.3) is 0 Å². The molecule has 134 valence electrons. The first kappa shape index (κ1) is 21.9. The second-order valence-corrected chi connectivity index (χ2v) is 7.10. The minimum atomic E-state index is 0.680. The third kappa shape index (κ3) is 5.53. The monoisotopic (exact) mass is 312 g/mol. The standard InChI is InChI=1S/C20H44N2/c1-7-15(13-21)17(9-3)19(11-5)20(12-6)18(10-4)16(8-2)14-22/h15-20H,7-14,21-22H2,1-6H3. The second-order valence-electron chi connectivity index (χ2n) is 7.10. The van der Waals surface area contributed by atoms with Gasteiger partial charge in [0.2, 0.25) is 0 Å². The first-order valence-corrected chi connectivity index (χ1v) is 9.99. The molecule has 0 bridgehead atoms. The fourth-order valence-corrected chi connectivity index (χ4v) is 5.11. The molecule has 0 saturated carbocycles. The van der Waals surface area contributed by atoms with E-state index in [1.54, 1.807) is 0 Å². The van der Waals surface area contributed by atoms with E-state index >= 15 is 0 Å². The molecule has 0 aliphatic rings. The Hall–Kier alpha value is -0.0800. The largest absolute Gasteiger partial charge is 0.330 e. The Labute approximate surface area is 140 Å². The maximum atomic E-state index is 6.09. The van der Waals surface area contributed by atoms with Gasteiger partial charge in [-0.1, -0.05) is 80.1 Å². The lowest BCUT2D eigenvalue weighted by Crippen LogP contribution is -2.38. The zero-order chi connectivity index (χ0) is 17.1. The molecule has 0 aliphatic carbocycles. The first-order valence-electron chi connectivity index (χ1n) is 9.99. The summed E-state index contributed by atoms with van der Waals surface area (Å²) in [5.41, 5.74) is 12.2. The van der Waals surface area contributed by atoms with Gasteiger partial charge in [0.15, 0.2) is 0 Å². The number of rotatable bonds is 13. The van der Waals surface area contributed by atoms with E-state index in [2.05, 4.69) is 41.5 Å². The van der Waals surface area contributed by atoms with Crippen molar-refractivity contribution in [3.05, 3.63) is 0 Å². The molecular weight excluding hydrogens is 268 g/mol. The highest BCUT2D eigenvalue weighted by Crippen LogP contribution is 2.42. The SMILES string of the molecule is CCC(CN)C(CC)C(CC)C(CC)C(CC)C(CC)CN. The fraction of sp³-hybridized carbons (Fsp3) is 1.00. The van der Waals surface area contributed by atoms with E-state index in [0.29, 0.717) is 11.8 Å². The Balaban J connectivity index is 5.41. The Morgan fingerprint density at radius 2 is 0.727 bits per heavy atom. The molecule has 0 spiro atoms. The summed E-state index contributed by atoms with van der Waals surface area (Å²) < 4.78 is 0. The van der Waals surface area contributed by atoms with Crippen LogP contribution in [0.1, 0.15) is 80.1 Å². The van der Waals surface area contributed by atoms with E-state index < -0.39 is 0 Å². The zero-order valence-corrected chi connectivity index (χ0v) is 16.3. The van der Waals surface area contributed by atoms with Crippen molar-refractivity contribution in [3.63, 3.8) is 0 Å². The summed E-state index contributed by atoms with van der Waals surface area (Å²) in [6.07, 6.45) is 7.52. The summed E-state index contributed by atoms with van der Waals surface area (Å²) in [6, 6.07) is 0. The third-order valence-corrected chi connectivity index (χ3v) is 6.40. The van der Waals surface area contributed by atoms with Crippen LogP contribution in [0, 0.1) is 35.5 Å². The average Bonchev–Trinajstić information content (AvgIpc) is 2.56. The van der Waals surface area contributed by atoms with Gasteiger partial charge in [-0.2, -0.15) is 0 Å². The number of hydrogen-bond acceptors (Lipinski definition) is 2. The van der Waals surface area contributed by atoms with Crippen LogP contribution in [0.2, 0.25) is 0 Å². The average molecular weight is 313 g/mol. The van der Waals surface area contributed by atoms with Crippen LogP contribution in [0.3, 0.4) is 0 Å². The van der Waals surface area contributed by atoms with Crippen molar-refractivity contribution >= 4 is 0 Å². The second kappa shape index (κ2) is 12.4. The molecule has 0 aromatic carbocycles. The Bertz CT molecular complexity index is 220. The molecule has 0 saturated heterocycles. The van der Waals surface area contributed by atoms with Gasteiger partial charge in [-0.15, -0.1) is 0 Å². The van der Waals surface area contributed by atoms with Crippen LogP contribution in [0.4, 0.5) is 0 Å². The van der Waals surface area contributed by atoms with Gasteiger partial charge in [0.05, 0.1) is 0 Å². The van der Waals surface area contributed by atoms with Crippen LogP contribution in [-0.2, 0) is 0 Å². The van der Waals surface area contributed by atoms with Crippen LogP contribution in [0.15, 0.2) is 0 Å². The summed E-state index contributed by atoms with van der Waals surface area (Å²) in [4.78, 5) is 0. The highest BCUT2D eigenvalue weighted by Gasteiger charge is 2.36. The van der Waals surface area contributed by atoms with Crippen molar-refractivity contribution in [1.82, 2.24) is 0 Å². The summed E-state index contributed by atoms with van der Waals surface area (Å²) >= 11 is 0. The van der Waals surface area contributed by atoms with Crippen LogP contribution < -0.4 is 11.5 Å². The molecule has 0 heterocycles. The van der Waals surface area contributed by atoms with Gasteiger partial charge >= 0.3 is 0 Å². The van der Waals surface area contributed by atoms with E-state index in [-0.39, 0.29) is 0 Å². The molecule has 6 atom stereocenters. The Morgan fingerprint density at radius 3 is 0.864 bits per heavy atom. The number of nitrogens with two attached hydrogens (primary N) is 2. The predicted molar refractivity (Wildman–Crippen MR) is 101 cm³/mol. The Kier molecular flexibility index (Phi) is 12.3. The molecule has 6 unspecified atom stereocenters. The minimum absolute atomic E-state index is 0.680. The molecule has 0 aromatic heterocycles. The predicted octanol–water partition coefficient (Wildman–Crippen LogP) is 5.06. The smallest absolute Gasteiger partial charge is 0.00462 e. The van der Waals surface area contributed by atoms with Crippen LogP contribution in [-0.4, -0.2) is 13.1 Å². The Morgan fingerprint density at radius 1 is 0.455 bits per heavy atom. The third-order valence-electron chi connectivity index (χ3n) is 6.40. The quantitative estimate of drug-likeness (QED) is 0.499. The van der Waals surface area contributed by atoms with Gasteiger partial charge in [-0.3, -0.25) is 0 Å². The normalized spacial score (nSPS) is 20.2. The van der Waals surface area contributed by atoms with E-state index in [1.165, 1.54) is 38.5 Å². The zero-order valence-electron chi connectivity index (χ0n) is 16.3. The minimum Gasteiger partial charge on any atom is -0.330 e. The lowest BCUT2D eigenvalue weighted by molar-refractivity contribution is 0.0747. The molecule has 22 heavy (non-hydrogen) atoms. The van der Waals surface area contributed by atoms with Crippen LogP contribution in [0.5, 0.6) is 0 Å². The molecular formula is C20H44N2. The lowest BCUT2D eigenvalue weighted by atomic mass is 9.63. The van der Waals surface area contributed by atoms with Gasteiger partial charge in [0, 0.05) is 0 Å². The fourth-order valence-electron chi connectivity index (χ4n) is 5.11. The highest BCUT2D eigenvalue weighted by atomic mass is 14.6. The molecule has 2 heteroatoms. The summed E-state index contributed by atoms with van der Waals surface area (Å²) in [5.74, 6) is 4.51. The highest BCUT2D eigenvalue weighted by molar-refractivity contribution is 4.86. The van der Waals surface area contributed by atoms with Crippen molar-refractivity contribution in [2.75, 3.05) is 13.1 Å². The van der Waals surface area contributed by atoms with E-state index in [4.69, 9.17) is 11.5 Å². The van der Waals surface area contributed by atoms with Crippen molar-refractivity contribution in [2.45, 2.75) is 80.1 Å². The topological polar surface area (TPSA) is 52.0 Å². The molecule has 0 rings (SSSR count). The van der Waals surface area contributed by atoms with Gasteiger partial charge in [-0.25, -0.2) is 0 Å². The van der Waals surface area contributed by atoms with Gasteiger partial charge in [0.1, 0.15) is 0 Å². The summed E-state index contributed by atoms with van der Waals surface area (Å²) in [6.45, 7) is 15.8. The van der Waals surface area contributed by atoms with E-state index in [9.17, 15) is 0 Å². The molecule has 0 radical (unpaired) electrons. The maximum Gasteiger partial charge on any atom is -0.00462 e. The summed E-state index contributed by atoms with van der Waals surface area (Å²) in [5, 5.41) is 0. The van der Waals surface area contributed by atoms with Crippen molar-refractivity contribution in [1.29, 1.82) is 0 Å². The van der Waals surface area contributed by atoms with Crippen molar-refractivity contribution in [3.8, 4) is 0 Å². The molecule has 2 nitrogen and oxygen atoms in total. The first-order chi connectivity index (χ1) is 10.6. The van der Waals surface area contributed by atoms with Crippen LogP contribution in [0.25, 0.3) is 0 Å². The van der Waals surface area contributed by atoms with Gasteiger partial charge in [-0.05, 0) is 48.6 Å². The molecule has 0 amide bonds. The summed E-state index contributed by atoms with van der Waals surface area (Å²) in [7, 11) is 0. The van der Waals surface area contributed by atoms with E-state index in [1.807, 2.05) is 0 Å². The molecule has 4 N–H and O–H groups in total.